The van der Waals surface area contributed by atoms with Gasteiger partial charge in [0.25, 0.3) is 0 Å². The van der Waals surface area contributed by atoms with Crippen molar-refractivity contribution in [3.8, 4) is 16.4 Å². The van der Waals surface area contributed by atoms with Gasteiger partial charge in [0.2, 0.25) is 0 Å². The molecule has 0 unspecified atom stereocenters. The lowest BCUT2D eigenvalue weighted by Gasteiger charge is -2.01. The number of nitrogens with zero attached hydrogens (tertiary/aromatic N) is 3. The molecule has 90 valence electrons. The zero-order valence-corrected chi connectivity index (χ0v) is 10.1. The average Bonchev–Trinajstić information content (AvgIpc) is 2.98. The first-order valence-corrected chi connectivity index (χ1v) is 6.13. The van der Waals surface area contributed by atoms with Crippen LogP contribution in [0.25, 0.3) is 16.4 Å². The first-order valence-electron chi connectivity index (χ1n) is 5.25. The molecular weight excluding hydrogens is 251 g/mol. The smallest absolute Gasteiger partial charge is 0.148 e. The van der Waals surface area contributed by atoms with E-state index in [0.717, 1.165) is 5.01 Å². The van der Waals surface area contributed by atoms with Crippen LogP contribution in [-0.4, -0.2) is 14.8 Å². The third-order valence-electron chi connectivity index (χ3n) is 2.48. The maximum atomic E-state index is 13.6. The molecule has 0 amide bonds. The van der Waals surface area contributed by atoms with E-state index in [1.807, 2.05) is 5.38 Å². The second-order valence-electron chi connectivity index (χ2n) is 3.67. The number of aromatic nitrogens is 3. The lowest BCUT2D eigenvalue weighted by atomic mass is 10.3. The molecule has 6 heteroatoms. The van der Waals surface area contributed by atoms with E-state index in [1.54, 1.807) is 30.6 Å². The molecule has 4 nitrogen and oxygen atoms in total. The fourth-order valence-corrected chi connectivity index (χ4v) is 2.30. The zero-order chi connectivity index (χ0) is 12.5. The van der Waals surface area contributed by atoms with Crippen molar-refractivity contribution in [3.05, 3.63) is 47.9 Å². The predicted octanol–water partition coefficient (Wildman–Crippen LogP) is 2.72. The first kappa shape index (κ1) is 10.9. The molecule has 0 saturated heterocycles. The summed E-state index contributed by atoms with van der Waals surface area (Å²) in [5.74, 6) is -0.342. The minimum atomic E-state index is -0.342. The lowest BCUT2D eigenvalue weighted by molar-refractivity contribution is 0.611. The second-order valence-corrected chi connectivity index (χ2v) is 4.56. The SMILES string of the molecule is Nc1cn(-c2ccccc2F)nc1-c1nccs1. The molecule has 0 radical (unpaired) electrons. The monoisotopic (exact) mass is 260 g/mol. The van der Waals surface area contributed by atoms with Crippen molar-refractivity contribution >= 4 is 17.0 Å². The standard InChI is InChI=1S/C12H9FN4S/c13-8-3-1-2-4-10(8)17-7-9(14)11(16-17)12-15-5-6-18-12/h1-7H,14H2. The number of hydrogen-bond acceptors (Lipinski definition) is 4. The fraction of sp³-hybridized carbons (Fsp3) is 0. The lowest BCUT2D eigenvalue weighted by Crippen LogP contribution is -1.97. The van der Waals surface area contributed by atoms with E-state index in [1.165, 1.54) is 22.1 Å². The van der Waals surface area contributed by atoms with Crippen molar-refractivity contribution in [2.24, 2.45) is 0 Å². The number of thiazole rings is 1. The summed E-state index contributed by atoms with van der Waals surface area (Å²) < 4.78 is 15.1. The van der Waals surface area contributed by atoms with Crippen LogP contribution in [0, 0.1) is 5.82 Å². The number of rotatable bonds is 2. The van der Waals surface area contributed by atoms with Gasteiger partial charge in [-0.3, -0.25) is 0 Å². The summed E-state index contributed by atoms with van der Waals surface area (Å²) in [4.78, 5) is 4.15. The Kier molecular flexibility index (Phi) is 2.56. The molecule has 1 aromatic carbocycles. The van der Waals surface area contributed by atoms with Crippen LogP contribution in [0.4, 0.5) is 10.1 Å². The van der Waals surface area contributed by atoms with Gasteiger partial charge in [0.05, 0.1) is 11.9 Å². The van der Waals surface area contributed by atoms with E-state index in [9.17, 15) is 4.39 Å². The minimum Gasteiger partial charge on any atom is -0.396 e. The number of para-hydroxylation sites is 1. The molecule has 0 saturated carbocycles. The quantitative estimate of drug-likeness (QED) is 0.770. The highest BCUT2D eigenvalue weighted by Crippen LogP contribution is 2.27. The number of anilines is 1. The van der Waals surface area contributed by atoms with Crippen LogP contribution < -0.4 is 5.73 Å². The summed E-state index contributed by atoms with van der Waals surface area (Å²) in [7, 11) is 0. The van der Waals surface area contributed by atoms with E-state index < -0.39 is 0 Å². The summed E-state index contributed by atoms with van der Waals surface area (Å²) in [6.07, 6.45) is 3.27. The van der Waals surface area contributed by atoms with Gasteiger partial charge in [0.1, 0.15) is 22.2 Å². The molecule has 0 aliphatic heterocycles. The number of nitrogen functional groups attached to an aromatic ring is 1. The van der Waals surface area contributed by atoms with Crippen molar-refractivity contribution in [3.63, 3.8) is 0 Å². The van der Waals surface area contributed by atoms with E-state index in [4.69, 9.17) is 5.73 Å². The molecule has 2 N–H and O–H groups in total. The summed E-state index contributed by atoms with van der Waals surface area (Å²) in [5.41, 5.74) is 7.31. The maximum absolute atomic E-state index is 13.6. The Labute approximate surface area is 107 Å². The van der Waals surface area contributed by atoms with Crippen LogP contribution in [-0.2, 0) is 0 Å². The van der Waals surface area contributed by atoms with Crippen molar-refractivity contribution in [2.45, 2.75) is 0 Å². The van der Waals surface area contributed by atoms with Crippen LogP contribution in [0.2, 0.25) is 0 Å². The van der Waals surface area contributed by atoms with Gasteiger partial charge in [-0.25, -0.2) is 14.1 Å². The van der Waals surface area contributed by atoms with Gasteiger partial charge in [-0.05, 0) is 12.1 Å². The Morgan fingerprint density at radius 2 is 2.11 bits per heavy atom. The Morgan fingerprint density at radius 1 is 1.28 bits per heavy atom. The molecular formula is C12H9FN4S. The molecule has 2 aromatic heterocycles. The molecule has 0 spiro atoms. The highest BCUT2D eigenvalue weighted by atomic mass is 32.1. The van der Waals surface area contributed by atoms with Crippen LogP contribution >= 0.6 is 11.3 Å². The second kappa shape index (κ2) is 4.23. The summed E-state index contributed by atoms with van der Waals surface area (Å²) in [6.45, 7) is 0. The van der Waals surface area contributed by atoms with E-state index in [2.05, 4.69) is 10.1 Å². The maximum Gasteiger partial charge on any atom is 0.148 e. The van der Waals surface area contributed by atoms with E-state index in [-0.39, 0.29) is 5.82 Å². The van der Waals surface area contributed by atoms with Crippen molar-refractivity contribution in [1.29, 1.82) is 0 Å². The van der Waals surface area contributed by atoms with Gasteiger partial charge in [0, 0.05) is 11.6 Å². The first-order chi connectivity index (χ1) is 8.75. The Morgan fingerprint density at radius 3 is 2.83 bits per heavy atom. The molecule has 0 bridgehead atoms. The molecule has 2 heterocycles. The van der Waals surface area contributed by atoms with Gasteiger partial charge in [0.15, 0.2) is 0 Å². The molecule has 18 heavy (non-hydrogen) atoms. The van der Waals surface area contributed by atoms with Crippen molar-refractivity contribution in [1.82, 2.24) is 14.8 Å². The average molecular weight is 260 g/mol. The van der Waals surface area contributed by atoms with Crippen molar-refractivity contribution in [2.75, 3.05) is 5.73 Å². The predicted molar refractivity (Wildman–Crippen MR) is 69.0 cm³/mol. The van der Waals surface area contributed by atoms with Gasteiger partial charge in [-0.15, -0.1) is 11.3 Å². The zero-order valence-electron chi connectivity index (χ0n) is 9.25. The summed E-state index contributed by atoms with van der Waals surface area (Å²) in [6, 6.07) is 6.41. The largest absolute Gasteiger partial charge is 0.396 e. The molecule has 0 atom stereocenters. The van der Waals surface area contributed by atoms with Crippen molar-refractivity contribution < 1.29 is 4.39 Å². The molecule has 0 aliphatic rings. The third-order valence-corrected chi connectivity index (χ3v) is 3.26. The molecule has 3 rings (SSSR count). The van der Waals surface area contributed by atoms with E-state index in [0.29, 0.717) is 17.1 Å². The van der Waals surface area contributed by atoms with Crippen LogP contribution in [0.3, 0.4) is 0 Å². The van der Waals surface area contributed by atoms with E-state index >= 15 is 0 Å². The third kappa shape index (κ3) is 1.76. The molecule has 0 aliphatic carbocycles. The van der Waals surface area contributed by atoms with Gasteiger partial charge >= 0.3 is 0 Å². The number of halogens is 1. The number of nitrogens with two attached hydrogens (primary N) is 1. The summed E-state index contributed by atoms with van der Waals surface area (Å²) >= 11 is 1.44. The van der Waals surface area contributed by atoms with Gasteiger partial charge < -0.3 is 5.73 Å². The highest BCUT2D eigenvalue weighted by molar-refractivity contribution is 7.13. The normalized spacial score (nSPS) is 10.7. The fourth-order valence-electron chi connectivity index (χ4n) is 1.65. The van der Waals surface area contributed by atoms with Crippen LogP contribution in [0.5, 0.6) is 0 Å². The van der Waals surface area contributed by atoms with Gasteiger partial charge in [-0.2, -0.15) is 5.10 Å². The molecule has 0 fully saturated rings. The Hall–Kier alpha value is -2.21. The minimum absolute atomic E-state index is 0.342. The Balaban J connectivity index is 2.11. The number of hydrogen-bond donors (Lipinski definition) is 1. The summed E-state index contributed by atoms with van der Waals surface area (Å²) in [5, 5.41) is 6.85. The van der Waals surface area contributed by atoms with Crippen LogP contribution in [0.15, 0.2) is 42.0 Å². The Bertz CT molecular complexity index is 675. The van der Waals surface area contributed by atoms with Crippen LogP contribution in [0.1, 0.15) is 0 Å². The highest BCUT2D eigenvalue weighted by Gasteiger charge is 2.13. The molecule has 3 aromatic rings. The number of benzene rings is 1. The topological polar surface area (TPSA) is 56.7 Å². The van der Waals surface area contributed by atoms with Gasteiger partial charge in [-0.1, -0.05) is 12.1 Å².